The number of thiophene rings is 1. The highest BCUT2D eigenvalue weighted by Crippen LogP contribution is 2.42. The van der Waals surface area contributed by atoms with Gasteiger partial charge in [0.1, 0.15) is 11.5 Å². The van der Waals surface area contributed by atoms with Crippen LogP contribution in [-0.2, 0) is 0 Å². The van der Waals surface area contributed by atoms with Crippen molar-refractivity contribution in [3.63, 3.8) is 0 Å². The summed E-state index contributed by atoms with van der Waals surface area (Å²) in [5.74, 6) is 1.27. The fraction of sp³-hybridized carbons (Fsp3) is 0.200. The second-order valence-electron chi connectivity index (χ2n) is 4.46. The zero-order valence-electron chi connectivity index (χ0n) is 10.6. The summed E-state index contributed by atoms with van der Waals surface area (Å²) in [6.45, 7) is 4.03. The van der Waals surface area contributed by atoms with Crippen LogP contribution in [0.1, 0.15) is 11.1 Å². The molecule has 0 fully saturated rings. The lowest BCUT2D eigenvalue weighted by atomic mass is 10.1. The minimum Gasteiger partial charge on any atom is -0.508 e. The Bertz CT molecular complexity index is 756. The Balaban J connectivity index is 2.50. The van der Waals surface area contributed by atoms with E-state index < -0.39 is 0 Å². The van der Waals surface area contributed by atoms with E-state index in [2.05, 4.69) is 13.0 Å². The summed E-state index contributed by atoms with van der Waals surface area (Å²) >= 11 is 1.72. The van der Waals surface area contributed by atoms with Crippen molar-refractivity contribution in [1.82, 2.24) is 0 Å². The number of hydrogen-bond acceptors (Lipinski definition) is 3. The van der Waals surface area contributed by atoms with Crippen LogP contribution in [0.4, 0.5) is 0 Å². The number of rotatable bonds is 1. The van der Waals surface area contributed by atoms with Crippen LogP contribution in [-0.4, -0.2) is 12.2 Å². The predicted octanol–water partition coefficient (Wildman–Crippen LogP) is 4.39. The number of methoxy groups -OCH3 is 1. The summed E-state index contributed by atoms with van der Waals surface area (Å²) in [6, 6.07) is 7.86. The normalized spacial score (nSPS) is 11.3. The van der Waals surface area contributed by atoms with Crippen LogP contribution in [0.2, 0.25) is 0 Å². The van der Waals surface area contributed by atoms with E-state index in [9.17, 15) is 5.11 Å². The summed E-state index contributed by atoms with van der Waals surface area (Å²) in [5.41, 5.74) is 2.11. The van der Waals surface area contributed by atoms with E-state index in [0.29, 0.717) is 5.75 Å². The molecule has 0 bridgehead atoms. The van der Waals surface area contributed by atoms with Gasteiger partial charge in [0.25, 0.3) is 0 Å². The maximum atomic E-state index is 9.79. The molecule has 1 N–H and O–H groups in total. The highest BCUT2D eigenvalue weighted by molar-refractivity contribution is 7.26. The van der Waals surface area contributed by atoms with Crippen LogP contribution in [0.25, 0.3) is 20.2 Å². The average Bonchev–Trinajstić information content (AvgIpc) is 2.75. The van der Waals surface area contributed by atoms with Gasteiger partial charge in [-0.2, -0.15) is 0 Å². The molecule has 0 atom stereocenters. The molecule has 0 radical (unpaired) electrons. The molecule has 2 aromatic carbocycles. The summed E-state index contributed by atoms with van der Waals surface area (Å²) in [6.07, 6.45) is 0. The van der Waals surface area contributed by atoms with Crippen molar-refractivity contribution in [3.05, 3.63) is 35.4 Å². The molecule has 0 saturated heterocycles. The van der Waals surface area contributed by atoms with E-state index in [4.69, 9.17) is 4.74 Å². The molecule has 0 spiro atoms. The molecule has 92 valence electrons. The zero-order valence-corrected chi connectivity index (χ0v) is 11.4. The van der Waals surface area contributed by atoms with Crippen molar-refractivity contribution >= 4 is 31.5 Å². The van der Waals surface area contributed by atoms with Gasteiger partial charge in [-0.1, -0.05) is 0 Å². The first-order valence-electron chi connectivity index (χ1n) is 5.82. The number of fused-ring (bicyclic) bond motifs is 3. The minimum atomic E-state index is 0.360. The van der Waals surface area contributed by atoms with Crippen LogP contribution in [0.3, 0.4) is 0 Å². The number of aryl methyl sites for hydroxylation is 2. The fourth-order valence-corrected chi connectivity index (χ4v) is 3.66. The Labute approximate surface area is 109 Å². The topological polar surface area (TPSA) is 29.5 Å². The van der Waals surface area contributed by atoms with E-state index in [0.717, 1.165) is 21.6 Å². The largest absolute Gasteiger partial charge is 0.508 e. The van der Waals surface area contributed by atoms with E-state index in [1.54, 1.807) is 24.5 Å². The molecule has 3 rings (SSSR count). The number of ether oxygens (including phenoxy) is 1. The van der Waals surface area contributed by atoms with E-state index in [1.807, 2.05) is 19.1 Å². The van der Waals surface area contributed by atoms with Crippen molar-refractivity contribution < 1.29 is 9.84 Å². The van der Waals surface area contributed by atoms with Gasteiger partial charge in [0.2, 0.25) is 0 Å². The monoisotopic (exact) mass is 258 g/mol. The molecule has 0 aliphatic carbocycles. The second-order valence-corrected chi connectivity index (χ2v) is 5.48. The Morgan fingerprint density at radius 3 is 2.22 bits per heavy atom. The standard InChI is InChI=1S/C15H14O2S/c1-8-12(16)6-4-10-11-5-7-13(17-3)9(2)15(11)18-14(8)10/h4-7,16H,1-3H3. The number of benzene rings is 2. The van der Waals surface area contributed by atoms with Gasteiger partial charge in [0.05, 0.1) is 7.11 Å². The average molecular weight is 258 g/mol. The smallest absolute Gasteiger partial charge is 0.123 e. The molecule has 18 heavy (non-hydrogen) atoms. The molecule has 0 aliphatic rings. The number of phenols is 1. The number of aromatic hydroxyl groups is 1. The maximum Gasteiger partial charge on any atom is 0.123 e. The lowest BCUT2D eigenvalue weighted by Gasteiger charge is -2.04. The summed E-state index contributed by atoms with van der Waals surface area (Å²) < 4.78 is 7.75. The Kier molecular flexibility index (Phi) is 2.45. The van der Waals surface area contributed by atoms with Gasteiger partial charge in [-0.15, -0.1) is 11.3 Å². The fourth-order valence-electron chi connectivity index (χ4n) is 2.37. The first kappa shape index (κ1) is 11.4. The second kappa shape index (κ2) is 3.89. The van der Waals surface area contributed by atoms with Gasteiger partial charge in [0, 0.05) is 31.3 Å². The van der Waals surface area contributed by atoms with Crippen molar-refractivity contribution in [3.8, 4) is 11.5 Å². The van der Waals surface area contributed by atoms with Gasteiger partial charge in [-0.05, 0) is 38.1 Å². The molecule has 1 heterocycles. The third-order valence-corrected chi connectivity index (χ3v) is 4.91. The summed E-state index contributed by atoms with van der Waals surface area (Å²) in [5, 5.41) is 12.2. The molecule has 1 aromatic heterocycles. The molecule has 2 nitrogen and oxygen atoms in total. The van der Waals surface area contributed by atoms with E-state index in [-0.39, 0.29) is 0 Å². The molecule has 3 heteroatoms. The van der Waals surface area contributed by atoms with Gasteiger partial charge in [-0.3, -0.25) is 0 Å². The molecule has 3 aromatic rings. The molecule has 0 saturated carbocycles. The number of phenolic OH excluding ortho intramolecular Hbond substituents is 1. The summed E-state index contributed by atoms with van der Waals surface area (Å²) in [4.78, 5) is 0. The van der Waals surface area contributed by atoms with Gasteiger partial charge in [-0.25, -0.2) is 0 Å². The Hall–Kier alpha value is -1.74. The lowest BCUT2D eigenvalue weighted by Crippen LogP contribution is -1.85. The van der Waals surface area contributed by atoms with Crippen LogP contribution in [0.5, 0.6) is 11.5 Å². The predicted molar refractivity (Wildman–Crippen MR) is 77.0 cm³/mol. The van der Waals surface area contributed by atoms with Crippen LogP contribution in [0, 0.1) is 13.8 Å². The maximum absolute atomic E-state index is 9.79. The minimum absolute atomic E-state index is 0.360. The molecule has 0 aliphatic heterocycles. The zero-order chi connectivity index (χ0) is 12.9. The third-order valence-electron chi connectivity index (χ3n) is 3.45. The molecular weight excluding hydrogens is 244 g/mol. The van der Waals surface area contributed by atoms with E-state index >= 15 is 0 Å². The highest BCUT2D eigenvalue weighted by atomic mass is 32.1. The van der Waals surface area contributed by atoms with Gasteiger partial charge >= 0.3 is 0 Å². The quantitative estimate of drug-likeness (QED) is 0.701. The van der Waals surface area contributed by atoms with Gasteiger partial charge in [0.15, 0.2) is 0 Å². The van der Waals surface area contributed by atoms with Gasteiger partial charge < -0.3 is 9.84 Å². The SMILES string of the molecule is COc1ccc2c(sc3c(C)c(O)ccc32)c1C. The molecular formula is C15H14O2S. The van der Waals surface area contributed by atoms with Crippen molar-refractivity contribution in [2.24, 2.45) is 0 Å². The Morgan fingerprint density at radius 2 is 1.56 bits per heavy atom. The molecule has 0 unspecified atom stereocenters. The molecule has 0 amide bonds. The highest BCUT2D eigenvalue weighted by Gasteiger charge is 2.13. The van der Waals surface area contributed by atoms with Crippen LogP contribution < -0.4 is 4.74 Å². The first-order valence-corrected chi connectivity index (χ1v) is 6.63. The summed E-state index contributed by atoms with van der Waals surface area (Å²) in [7, 11) is 1.69. The van der Waals surface area contributed by atoms with Crippen molar-refractivity contribution in [1.29, 1.82) is 0 Å². The third kappa shape index (κ3) is 1.40. The van der Waals surface area contributed by atoms with Crippen LogP contribution >= 0.6 is 11.3 Å². The Morgan fingerprint density at radius 1 is 0.944 bits per heavy atom. The van der Waals surface area contributed by atoms with Crippen molar-refractivity contribution in [2.75, 3.05) is 7.11 Å². The lowest BCUT2D eigenvalue weighted by molar-refractivity contribution is 0.412. The van der Waals surface area contributed by atoms with E-state index in [1.165, 1.54) is 15.5 Å². The first-order chi connectivity index (χ1) is 8.63. The van der Waals surface area contributed by atoms with Crippen LogP contribution in [0.15, 0.2) is 24.3 Å². The van der Waals surface area contributed by atoms with Crippen molar-refractivity contribution in [2.45, 2.75) is 13.8 Å². The number of hydrogen-bond donors (Lipinski definition) is 1.